The smallest absolute Gasteiger partial charge is 0.0605 e. The van der Waals surface area contributed by atoms with Crippen LogP contribution in [-0.2, 0) is 6.42 Å². The van der Waals surface area contributed by atoms with Gasteiger partial charge in [0.2, 0.25) is 0 Å². The van der Waals surface area contributed by atoms with E-state index in [-0.39, 0.29) is 12.6 Å². The minimum Gasteiger partial charge on any atom is -0.395 e. The van der Waals surface area contributed by atoms with Crippen molar-refractivity contribution >= 4 is 0 Å². The molecular formula is C12H18N2O. The standard InChI is InChI=1S/C12H18N2O/c1-2-10(8-15)14-11-6-5-9-4-3-7-13-12(9)11/h3-4,7,10-11,14-15H,2,5-6,8H2,1H3/t10-,11?/m1/s1. The highest BCUT2D eigenvalue weighted by atomic mass is 16.3. The van der Waals surface area contributed by atoms with E-state index in [9.17, 15) is 0 Å². The van der Waals surface area contributed by atoms with Crippen LogP contribution in [0.3, 0.4) is 0 Å². The van der Waals surface area contributed by atoms with Crippen LogP contribution >= 0.6 is 0 Å². The fraction of sp³-hybridized carbons (Fsp3) is 0.583. The molecule has 0 radical (unpaired) electrons. The van der Waals surface area contributed by atoms with E-state index in [1.807, 2.05) is 12.3 Å². The summed E-state index contributed by atoms with van der Waals surface area (Å²) in [7, 11) is 0. The molecule has 0 fully saturated rings. The van der Waals surface area contributed by atoms with Crippen LogP contribution in [0.25, 0.3) is 0 Å². The number of nitrogens with one attached hydrogen (secondary N) is 1. The summed E-state index contributed by atoms with van der Waals surface area (Å²) in [6.07, 6.45) is 5.00. The Morgan fingerprint density at radius 1 is 1.67 bits per heavy atom. The number of aromatic nitrogens is 1. The third-order valence-electron chi connectivity index (χ3n) is 3.11. The quantitative estimate of drug-likeness (QED) is 0.783. The number of aryl methyl sites for hydroxylation is 1. The van der Waals surface area contributed by atoms with Gasteiger partial charge in [0.05, 0.1) is 18.3 Å². The minimum absolute atomic E-state index is 0.197. The third kappa shape index (κ3) is 2.19. The zero-order valence-electron chi connectivity index (χ0n) is 9.11. The number of pyridine rings is 1. The van der Waals surface area contributed by atoms with Gasteiger partial charge in [0.1, 0.15) is 0 Å². The molecule has 2 rings (SSSR count). The maximum absolute atomic E-state index is 9.15. The summed E-state index contributed by atoms with van der Waals surface area (Å²) >= 11 is 0. The molecule has 3 nitrogen and oxygen atoms in total. The number of aliphatic hydroxyl groups excluding tert-OH is 1. The lowest BCUT2D eigenvalue weighted by Gasteiger charge is -2.19. The van der Waals surface area contributed by atoms with Crippen molar-refractivity contribution in [2.75, 3.05) is 6.61 Å². The maximum atomic E-state index is 9.15. The summed E-state index contributed by atoms with van der Waals surface area (Å²) in [6, 6.07) is 4.66. The molecule has 1 aliphatic carbocycles. The number of fused-ring (bicyclic) bond motifs is 1. The lowest BCUT2D eigenvalue weighted by Crippen LogP contribution is -2.34. The van der Waals surface area contributed by atoms with Gasteiger partial charge in [-0.1, -0.05) is 13.0 Å². The highest BCUT2D eigenvalue weighted by Crippen LogP contribution is 2.29. The van der Waals surface area contributed by atoms with Crippen molar-refractivity contribution in [1.82, 2.24) is 10.3 Å². The predicted molar refractivity (Wildman–Crippen MR) is 59.6 cm³/mol. The summed E-state index contributed by atoms with van der Waals surface area (Å²) < 4.78 is 0. The van der Waals surface area contributed by atoms with E-state index >= 15 is 0 Å². The Morgan fingerprint density at radius 3 is 3.27 bits per heavy atom. The van der Waals surface area contributed by atoms with Crippen molar-refractivity contribution in [3.05, 3.63) is 29.6 Å². The van der Waals surface area contributed by atoms with E-state index in [1.54, 1.807) is 0 Å². The minimum atomic E-state index is 0.197. The first-order chi connectivity index (χ1) is 7.35. The van der Waals surface area contributed by atoms with Gasteiger partial charge in [-0.05, 0) is 30.9 Å². The van der Waals surface area contributed by atoms with Crippen LogP contribution in [0.1, 0.15) is 37.1 Å². The molecule has 1 unspecified atom stereocenters. The predicted octanol–water partition coefficient (Wildman–Crippen LogP) is 1.43. The van der Waals surface area contributed by atoms with Gasteiger partial charge < -0.3 is 10.4 Å². The van der Waals surface area contributed by atoms with E-state index in [1.165, 1.54) is 11.3 Å². The number of nitrogens with zero attached hydrogens (tertiary/aromatic N) is 1. The van der Waals surface area contributed by atoms with E-state index in [0.29, 0.717) is 6.04 Å². The van der Waals surface area contributed by atoms with Crippen LogP contribution in [0.2, 0.25) is 0 Å². The molecule has 0 saturated carbocycles. The van der Waals surface area contributed by atoms with E-state index in [4.69, 9.17) is 5.11 Å². The third-order valence-corrected chi connectivity index (χ3v) is 3.11. The molecule has 0 bridgehead atoms. The lowest BCUT2D eigenvalue weighted by atomic mass is 10.1. The van der Waals surface area contributed by atoms with Gasteiger partial charge in [-0.2, -0.15) is 0 Å². The van der Waals surface area contributed by atoms with Crippen LogP contribution in [0.15, 0.2) is 18.3 Å². The zero-order chi connectivity index (χ0) is 10.7. The molecular weight excluding hydrogens is 188 g/mol. The molecule has 1 aromatic rings. The Hall–Kier alpha value is -0.930. The average Bonchev–Trinajstić information content (AvgIpc) is 2.69. The summed E-state index contributed by atoms with van der Waals surface area (Å²) in [5.74, 6) is 0. The van der Waals surface area contributed by atoms with Crippen LogP contribution in [0.5, 0.6) is 0 Å². The van der Waals surface area contributed by atoms with Crippen LogP contribution in [-0.4, -0.2) is 22.7 Å². The molecule has 15 heavy (non-hydrogen) atoms. The summed E-state index contributed by atoms with van der Waals surface area (Å²) in [4.78, 5) is 4.42. The fourth-order valence-electron chi connectivity index (χ4n) is 2.16. The number of hydrogen-bond acceptors (Lipinski definition) is 3. The molecule has 1 heterocycles. The topological polar surface area (TPSA) is 45.1 Å². The van der Waals surface area contributed by atoms with Gasteiger partial charge in [-0.15, -0.1) is 0 Å². The van der Waals surface area contributed by atoms with Crippen molar-refractivity contribution < 1.29 is 5.11 Å². The second kappa shape index (κ2) is 4.73. The molecule has 82 valence electrons. The first kappa shape index (κ1) is 10.6. The molecule has 1 aliphatic rings. The second-order valence-electron chi connectivity index (χ2n) is 4.09. The first-order valence-corrected chi connectivity index (χ1v) is 5.65. The number of rotatable bonds is 4. The van der Waals surface area contributed by atoms with Gasteiger partial charge in [-0.3, -0.25) is 4.98 Å². The first-order valence-electron chi connectivity index (χ1n) is 5.65. The van der Waals surface area contributed by atoms with Gasteiger partial charge in [0.15, 0.2) is 0 Å². The molecule has 3 heteroatoms. The van der Waals surface area contributed by atoms with Crippen molar-refractivity contribution in [3.8, 4) is 0 Å². The molecule has 0 aliphatic heterocycles. The molecule has 0 spiro atoms. The summed E-state index contributed by atoms with van der Waals surface area (Å²) in [5, 5.41) is 12.6. The summed E-state index contributed by atoms with van der Waals surface area (Å²) in [5.41, 5.74) is 2.52. The van der Waals surface area contributed by atoms with Gasteiger partial charge >= 0.3 is 0 Å². The Kier molecular flexibility index (Phi) is 3.34. The van der Waals surface area contributed by atoms with Crippen LogP contribution in [0, 0.1) is 0 Å². The van der Waals surface area contributed by atoms with Crippen molar-refractivity contribution in [2.24, 2.45) is 0 Å². The Bertz CT molecular complexity index is 323. The highest BCUT2D eigenvalue weighted by molar-refractivity contribution is 5.27. The van der Waals surface area contributed by atoms with Crippen molar-refractivity contribution in [1.29, 1.82) is 0 Å². The normalized spacial score (nSPS) is 21.3. The second-order valence-corrected chi connectivity index (χ2v) is 4.09. The molecule has 2 N–H and O–H groups in total. The molecule has 1 aromatic heterocycles. The van der Waals surface area contributed by atoms with Gasteiger partial charge in [0.25, 0.3) is 0 Å². The number of hydrogen-bond donors (Lipinski definition) is 2. The molecule has 0 aromatic carbocycles. The Labute approximate surface area is 90.5 Å². The lowest BCUT2D eigenvalue weighted by molar-refractivity contribution is 0.227. The molecule has 0 saturated heterocycles. The van der Waals surface area contributed by atoms with Crippen molar-refractivity contribution in [2.45, 2.75) is 38.3 Å². The van der Waals surface area contributed by atoms with Crippen molar-refractivity contribution in [3.63, 3.8) is 0 Å². The summed E-state index contributed by atoms with van der Waals surface area (Å²) in [6.45, 7) is 2.29. The molecule has 0 amide bonds. The van der Waals surface area contributed by atoms with Crippen LogP contribution in [0.4, 0.5) is 0 Å². The number of aliphatic hydroxyl groups is 1. The highest BCUT2D eigenvalue weighted by Gasteiger charge is 2.24. The van der Waals surface area contributed by atoms with Gasteiger partial charge in [0, 0.05) is 12.2 Å². The largest absolute Gasteiger partial charge is 0.395 e. The SMILES string of the molecule is CC[C@H](CO)NC1CCc2cccnc21. The van der Waals surface area contributed by atoms with E-state index < -0.39 is 0 Å². The Morgan fingerprint density at radius 2 is 2.53 bits per heavy atom. The zero-order valence-corrected chi connectivity index (χ0v) is 9.11. The molecule has 2 atom stereocenters. The van der Waals surface area contributed by atoms with Crippen LogP contribution < -0.4 is 5.32 Å². The average molecular weight is 206 g/mol. The Balaban J connectivity index is 2.07. The maximum Gasteiger partial charge on any atom is 0.0605 e. The fourth-order valence-corrected chi connectivity index (χ4v) is 2.16. The monoisotopic (exact) mass is 206 g/mol. The van der Waals surface area contributed by atoms with E-state index in [0.717, 1.165) is 19.3 Å². The van der Waals surface area contributed by atoms with Gasteiger partial charge in [-0.25, -0.2) is 0 Å². The van der Waals surface area contributed by atoms with E-state index in [2.05, 4.69) is 23.3 Å².